The van der Waals surface area contributed by atoms with Gasteiger partial charge < -0.3 is 10.4 Å². The molecule has 0 aliphatic rings. The first-order valence-electron chi connectivity index (χ1n) is 6.32. The van der Waals surface area contributed by atoms with Gasteiger partial charge in [0.05, 0.1) is 15.4 Å². The number of unbranched alkanes of at least 4 members (excludes halogenated alkanes) is 2. The van der Waals surface area contributed by atoms with Gasteiger partial charge in [0.25, 0.3) is 11.4 Å². The Hall–Kier alpha value is -2.71. The summed E-state index contributed by atoms with van der Waals surface area (Å²) in [7, 11) is 0. The second-order valence-corrected chi connectivity index (χ2v) is 4.34. The smallest absolute Gasteiger partial charge is 0.336 e. The van der Waals surface area contributed by atoms with Gasteiger partial charge in [-0.15, -0.1) is 0 Å². The number of benzene rings is 1. The molecule has 9 nitrogen and oxygen atoms in total. The lowest BCUT2D eigenvalue weighted by Crippen LogP contribution is -2.09. The molecule has 0 spiro atoms. The van der Waals surface area contributed by atoms with Crippen molar-refractivity contribution in [2.24, 2.45) is 0 Å². The zero-order valence-corrected chi connectivity index (χ0v) is 11.4. The monoisotopic (exact) mass is 297 g/mol. The minimum Gasteiger partial charge on any atom is -0.478 e. The molecule has 1 aromatic carbocycles. The van der Waals surface area contributed by atoms with E-state index in [1.54, 1.807) is 0 Å². The molecule has 0 radical (unpaired) electrons. The van der Waals surface area contributed by atoms with Crippen molar-refractivity contribution in [3.63, 3.8) is 0 Å². The highest BCUT2D eigenvalue weighted by molar-refractivity contribution is 5.92. The standard InChI is InChI=1S/C12H15N3O6/c1-2-3-4-5-13-11-9(14(18)19)6-8(12(16)17)7-10(11)15(20)21/h6-7,13H,2-5H2,1H3,(H,16,17). The average Bonchev–Trinajstić information content (AvgIpc) is 2.42. The van der Waals surface area contributed by atoms with Crippen LogP contribution in [0.4, 0.5) is 17.1 Å². The number of anilines is 1. The molecule has 9 heteroatoms. The number of carbonyl (C=O) groups is 1. The summed E-state index contributed by atoms with van der Waals surface area (Å²) in [5, 5.41) is 33.6. The zero-order valence-electron chi connectivity index (χ0n) is 11.4. The molecule has 1 aromatic rings. The molecule has 21 heavy (non-hydrogen) atoms. The quantitative estimate of drug-likeness (QED) is 0.427. The van der Waals surface area contributed by atoms with E-state index >= 15 is 0 Å². The topological polar surface area (TPSA) is 136 Å². The van der Waals surface area contributed by atoms with Gasteiger partial charge >= 0.3 is 5.97 Å². The second kappa shape index (κ2) is 7.17. The summed E-state index contributed by atoms with van der Waals surface area (Å²) in [5.74, 6) is -1.46. The average molecular weight is 297 g/mol. The van der Waals surface area contributed by atoms with Crippen LogP contribution in [0.15, 0.2) is 12.1 Å². The Morgan fingerprint density at radius 2 is 1.71 bits per heavy atom. The molecule has 0 saturated carbocycles. The number of nitro benzene ring substituents is 2. The molecule has 114 valence electrons. The fourth-order valence-electron chi connectivity index (χ4n) is 1.79. The molecule has 0 unspecified atom stereocenters. The number of hydrogen-bond donors (Lipinski definition) is 2. The Labute approximate surface area is 119 Å². The summed E-state index contributed by atoms with van der Waals surface area (Å²) in [6.45, 7) is 2.31. The number of nitrogens with one attached hydrogen (secondary N) is 1. The van der Waals surface area contributed by atoms with E-state index in [4.69, 9.17) is 5.11 Å². The van der Waals surface area contributed by atoms with Crippen molar-refractivity contribution >= 4 is 23.0 Å². The lowest BCUT2D eigenvalue weighted by atomic mass is 10.1. The van der Waals surface area contributed by atoms with Crippen molar-refractivity contribution in [3.8, 4) is 0 Å². The molecule has 0 bridgehead atoms. The van der Waals surface area contributed by atoms with E-state index in [2.05, 4.69) is 5.32 Å². The molecule has 0 heterocycles. The maximum atomic E-state index is 11.0. The van der Waals surface area contributed by atoms with Crippen LogP contribution in [0, 0.1) is 20.2 Å². The van der Waals surface area contributed by atoms with E-state index in [1.807, 2.05) is 6.92 Å². The van der Waals surface area contributed by atoms with Crippen LogP contribution >= 0.6 is 0 Å². The van der Waals surface area contributed by atoms with Crippen LogP contribution in [0.5, 0.6) is 0 Å². The normalized spacial score (nSPS) is 10.1. The van der Waals surface area contributed by atoms with E-state index in [0.717, 1.165) is 25.0 Å². The SMILES string of the molecule is CCCCCNc1c([N+](=O)[O-])cc(C(=O)O)cc1[N+](=O)[O-]. The number of hydrogen-bond acceptors (Lipinski definition) is 6. The van der Waals surface area contributed by atoms with Gasteiger partial charge in [0.2, 0.25) is 0 Å². The number of aromatic carboxylic acids is 1. The number of rotatable bonds is 8. The number of carboxylic acid groups (broad SMARTS) is 1. The van der Waals surface area contributed by atoms with Crippen LogP contribution in [0.25, 0.3) is 0 Å². The third kappa shape index (κ3) is 4.13. The van der Waals surface area contributed by atoms with Crippen molar-refractivity contribution in [2.75, 3.05) is 11.9 Å². The Kier molecular flexibility index (Phi) is 5.58. The summed E-state index contributed by atoms with van der Waals surface area (Å²) in [4.78, 5) is 31.3. The highest BCUT2D eigenvalue weighted by atomic mass is 16.6. The summed E-state index contributed by atoms with van der Waals surface area (Å²) in [6.07, 6.45) is 2.51. The van der Waals surface area contributed by atoms with Crippen LogP contribution in [0.2, 0.25) is 0 Å². The second-order valence-electron chi connectivity index (χ2n) is 4.34. The molecule has 1 rings (SSSR count). The summed E-state index contributed by atoms with van der Waals surface area (Å²) in [6, 6.07) is 1.63. The summed E-state index contributed by atoms with van der Waals surface area (Å²) in [5.41, 5.74) is -1.98. The van der Waals surface area contributed by atoms with E-state index < -0.39 is 32.8 Å². The minimum absolute atomic E-state index is 0.258. The molecular weight excluding hydrogens is 282 g/mol. The van der Waals surface area contributed by atoms with E-state index in [9.17, 15) is 25.0 Å². The predicted molar refractivity (Wildman–Crippen MR) is 74.7 cm³/mol. The third-order valence-corrected chi connectivity index (χ3v) is 2.82. The Bertz CT molecular complexity index is 537. The summed E-state index contributed by atoms with van der Waals surface area (Å²) >= 11 is 0. The first-order chi connectivity index (χ1) is 9.88. The highest BCUT2D eigenvalue weighted by Gasteiger charge is 2.28. The minimum atomic E-state index is -1.46. The highest BCUT2D eigenvalue weighted by Crippen LogP contribution is 2.35. The molecule has 0 aliphatic carbocycles. The van der Waals surface area contributed by atoms with Crippen LogP contribution in [-0.2, 0) is 0 Å². The van der Waals surface area contributed by atoms with Gasteiger partial charge in [-0.2, -0.15) is 0 Å². The van der Waals surface area contributed by atoms with E-state index in [1.165, 1.54) is 0 Å². The Morgan fingerprint density at radius 1 is 1.19 bits per heavy atom. The van der Waals surface area contributed by atoms with Gasteiger partial charge in [0, 0.05) is 18.7 Å². The van der Waals surface area contributed by atoms with Crippen LogP contribution in [0.1, 0.15) is 36.5 Å². The molecule has 0 atom stereocenters. The molecule has 2 N–H and O–H groups in total. The predicted octanol–water partition coefficient (Wildman–Crippen LogP) is 2.80. The van der Waals surface area contributed by atoms with E-state index in [0.29, 0.717) is 13.0 Å². The fourth-order valence-corrected chi connectivity index (χ4v) is 1.79. The van der Waals surface area contributed by atoms with Gasteiger partial charge in [-0.05, 0) is 6.42 Å². The van der Waals surface area contributed by atoms with Crippen molar-refractivity contribution in [3.05, 3.63) is 37.9 Å². The van der Waals surface area contributed by atoms with Crippen molar-refractivity contribution in [1.82, 2.24) is 0 Å². The van der Waals surface area contributed by atoms with Gasteiger partial charge in [-0.1, -0.05) is 19.8 Å². The van der Waals surface area contributed by atoms with Crippen molar-refractivity contribution in [2.45, 2.75) is 26.2 Å². The fraction of sp³-hybridized carbons (Fsp3) is 0.417. The van der Waals surface area contributed by atoms with Gasteiger partial charge in [-0.3, -0.25) is 20.2 Å². The van der Waals surface area contributed by atoms with Crippen LogP contribution in [0.3, 0.4) is 0 Å². The third-order valence-electron chi connectivity index (χ3n) is 2.82. The molecule has 0 fully saturated rings. The van der Waals surface area contributed by atoms with Gasteiger partial charge in [-0.25, -0.2) is 4.79 Å². The largest absolute Gasteiger partial charge is 0.478 e. The number of nitro groups is 2. The maximum Gasteiger partial charge on any atom is 0.336 e. The van der Waals surface area contributed by atoms with Gasteiger partial charge in [0.15, 0.2) is 5.69 Å². The zero-order chi connectivity index (χ0) is 16.0. The molecule has 0 aliphatic heterocycles. The Morgan fingerprint density at radius 3 is 2.10 bits per heavy atom. The molecule has 0 saturated heterocycles. The molecular formula is C12H15N3O6. The lowest BCUT2D eigenvalue weighted by Gasteiger charge is -2.08. The maximum absolute atomic E-state index is 11.0. The van der Waals surface area contributed by atoms with Gasteiger partial charge in [0.1, 0.15) is 0 Å². The first-order valence-corrected chi connectivity index (χ1v) is 6.32. The van der Waals surface area contributed by atoms with Crippen molar-refractivity contribution < 1.29 is 19.7 Å². The van der Waals surface area contributed by atoms with Crippen molar-refractivity contribution in [1.29, 1.82) is 0 Å². The number of carboxylic acids is 1. The Balaban J connectivity index is 3.26. The molecule has 0 aromatic heterocycles. The van der Waals surface area contributed by atoms with Crippen LogP contribution < -0.4 is 5.32 Å². The van der Waals surface area contributed by atoms with Crippen LogP contribution in [-0.4, -0.2) is 27.5 Å². The van der Waals surface area contributed by atoms with E-state index in [-0.39, 0.29) is 5.69 Å². The molecule has 0 amide bonds. The number of nitrogens with zero attached hydrogens (tertiary/aromatic N) is 2. The summed E-state index contributed by atoms with van der Waals surface area (Å²) < 4.78 is 0. The first kappa shape index (κ1) is 16.3. The lowest BCUT2D eigenvalue weighted by molar-refractivity contribution is -0.392.